The van der Waals surface area contributed by atoms with Gasteiger partial charge in [0.05, 0.1) is 6.61 Å². The van der Waals surface area contributed by atoms with Crippen molar-refractivity contribution < 1.29 is 14.3 Å². The summed E-state index contributed by atoms with van der Waals surface area (Å²) < 4.78 is 5.82. The predicted molar refractivity (Wildman–Crippen MR) is 97.6 cm³/mol. The van der Waals surface area contributed by atoms with Crippen molar-refractivity contribution in [1.29, 1.82) is 0 Å². The minimum atomic E-state index is -0.502. The van der Waals surface area contributed by atoms with Crippen LogP contribution in [0.25, 0.3) is 6.08 Å². The van der Waals surface area contributed by atoms with Crippen LogP contribution in [0, 0.1) is 0 Å². The number of para-hydroxylation sites is 1. The zero-order valence-electron chi connectivity index (χ0n) is 13.8. The fourth-order valence-corrected chi connectivity index (χ4v) is 2.57. The first-order valence-electron chi connectivity index (χ1n) is 8.22. The van der Waals surface area contributed by atoms with Crippen molar-refractivity contribution in [2.45, 2.75) is 39.0 Å². The maximum Gasteiger partial charge on any atom is 0.263 e. The smallest absolute Gasteiger partial charge is 0.263 e. The molecule has 2 amide bonds. The van der Waals surface area contributed by atoms with E-state index >= 15 is 0 Å². The first kappa shape index (κ1) is 18.1. The van der Waals surface area contributed by atoms with Crippen LogP contribution in [0.2, 0.25) is 0 Å². The number of rotatable bonds is 8. The van der Waals surface area contributed by atoms with Gasteiger partial charge < -0.3 is 4.74 Å². The molecule has 1 fully saturated rings. The van der Waals surface area contributed by atoms with Gasteiger partial charge in [0.2, 0.25) is 0 Å². The lowest BCUT2D eigenvalue weighted by Gasteiger charge is -2.17. The number of hydrogen-bond acceptors (Lipinski definition) is 4. The van der Waals surface area contributed by atoms with Crippen LogP contribution in [-0.4, -0.2) is 23.5 Å². The molecule has 0 radical (unpaired) electrons. The first-order chi connectivity index (χ1) is 11.6. The summed E-state index contributed by atoms with van der Waals surface area (Å²) in [6.45, 7) is 2.80. The second-order valence-electron chi connectivity index (χ2n) is 5.60. The lowest BCUT2D eigenvalue weighted by atomic mass is 10.1. The lowest BCUT2D eigenvalue weighted by molar-refractivity contribution is -0.123. The first-order valence-corrected chi connectivity index (χ1v) is 8.63. The Kier molecular flexibility index (Phi) is 6.93. The van der Waals surface area contributed by atoms with Crippen LogP contribution < -0.4 is 15.4 Å². The van der Waals surface area contributed by atoms with Crippen molar-refractivity contribution in [3.8, 4) is 5.75 Å². The molecule has 1 aromatic rings. The number of amides is 2. The minimum absolute atomic E-state index is 0.0163. The average molecular weight is 346 g/mol. The number of ether oxygens (including phenoxy) is 1. The van der Waals surface area contributed by atoms with Gasteiger partial charge in [0.25, 0.3) is 11.8 Å². The standard InChI is InChI=1S/C18H22N2O3S/c1-2-3-4-5-8-11-23-15-10-7-6-9-13(15)12-14-16(21)19-18(24)20-17(14)22/h6-7,9-10,12H,2-5,8,11H2,1H3,(H2,19,20,21,22,24). The van der Waals surface area contributed by atoms with Gasteiger partial charge >= 0.3 is 0 Å². The molecule has 1 saturated heterocycles. The molecule has 5 nitrogen and oxygen atoms in total. The normalized spacial score (nSPS) is 14.2. The van der Waals surface area contributed by atoms with E-state index < -0.39 is 11.8 Å². The maximum absolute atomic E-state index is 11.9. The molecule has 128 valence electrons. The maximum atomic E-state index is 11.9. The van der Waals surface area contributed by atoms with Crippen LogP contribution in [0.5, 0.6) is 5.75 Å². The third-order valence-corrected chi connectivity index (χ3v) is 3.87. The number of hydrogen-bond donors (Lipinski definition) is 2. The van der Waals surface area contributed by atoms with Gasteiger partial charge in [0.1, 0.15) is 11.3 Å². The fourth-order valence-electron chi connectivity index (χ4n) is 2.38. The van der Waals surface area contributed by atoms with Crippen LogP contribution in [0.4, 0.5) is 0 Å². The van der Waals surface area contributed by atoms with Crippen LogP contribution >= 0.6 is 12.2 Å². The highest BCUT2D eigenvalue weighted by Crippen LogP contribution is 2.22. The number of benzene rings is 1. The molecule has 24 heavy (non-hydrogen) atoms. The second-order valence-corrected chi connectivity index (χ2v) is 6.00. The molecule has 2 rings (SSSR count). The number of thiocarbonyl (C=S) groups is 1. The summed E-state index contributed by atoms with van der Waals surface area (Å²) in [7, 11) is 0. The second kappa shape index (κ2) is 9.17. The van der Waals surface area contributed by atoms with Gasteiger partial charge in [-0.1, -0.05) is 50.8 Å². The number of carbonyl (C=O) groups excluding carboxylic acids is 2. The average Bonchev–Trinajstić information content (AvgIpc) is 2.55. The molecular weight excluding hydrogens is 324 g/mol. The molecule has 1 aromatic carbocycles. The molecule has 6 heteroatoms. The Morgan fingerprint density at radius 1 is 1.04 bits per heavy atom. The molecule has 1 aliphatic rings. The van der Waals surface area contributed by atoms with Crippen molar-refractivity contribution >= 4 is 35.2 Å². The van der Waals surface area contributed by atoms with Gasteiger partial charge in [-0.25, -0.2) is 0 Å². The van der Waals surface area contributed by atoms with Crippen molar-refractivity contribution in [2.75, 3.05) is 6.61 Å². The van der Waals surface area contributed by atoms with E-state index in [-0.39, 0.29) is 10.7 Å². The number of nitrogens with one attached hydrogen (secondary N) is 2. The molecule has 2 N–H and O–H groups in total. The molecule has 0 aromatic heterocycles. The quantitative estimate of drug-likeness (QED) is 0.329. The monoisotopic (exact) mass is 346 g/mol. The van der Waals surface area contributed by atoms with Crippen LogP contribution in [0.3, 0.4) is 0 Å². The van der Waals surface area contributed by atoms with Gasteiger partial charge in [0.15, 0.2) is 5.11 Å². The summed E-state index contributed by atoms with van der Waals surface area (Å²) in [5.74, 6) is -0.342. The summed E-state index contributed by atoms with van der Waals surface area (Å²) in [6.07, 6.45) is 7.32. The van der Waals surface area contributed by atoms with Crippen LogP contribution in [0.15, 0.2) is 29.8 Å². The Morgan fingerprint density at radius 3 is 2.42 bits per heavy atom. The minimum Gasteiger partial charge on any atom is -0.493 e. The summed E-state index contributed by atoms with van der Waals surface area (Å²) in [5, 5.41) is 4.87. The summed E-state index contributed by atoms with van der Waals surface area (Å²) in [5.41, 5.74) is 0.710. The Labute approximate surface area is 147 Å². The SMILES string of the molecule is CCCCCCCOc1ccccc1C=C1C(=O)NC(=S)NC1=O. The summed E-state index contributed by atoms with van der Waals surface area (Å²) in [4.78, 5) is 23.8. The molecule has 0 bridgehead atoms. The molecule has 1 heterocycles. The van der Waals surface area contributed by atoms with E-state index in [1.165, 1.54) is 25.3 Å². The highest BCUT2D eigenvalue weighted by molar-refractivity contribution is 7.80. The predicted octanol–water partition coefficient (Wildman–Crippen LogP) is 2.95. The largest absolute Gasteiger partial charge is 0.493 e. The zero-order valence-corrected chi connectivity index (χ0v) is 14.6. The molecule has 0 saturated carbocycles. The van der Waals surface area contributed by atoms with Gasteiger partial charge in [0, 0.05) is 5.56 Å². The highest BCUT2D eigenvalue weighted by Gasteiger charge is 2.25. The van der Waals surface area contributed by atoms with Crippen molar-refractivity contribution in [1.82, 2.24) is 10.6 Å². The number of carbonyl (C=O) groups is 2. The van der Waals surface area contributed by atoms with E-state index in [1.807, 2.05) is 24.3 Å². The Morgan fingerprint density at radius 2 is 1.71 bits per heavy atom. The van der Waals surface area contributed by atoms with Crippen LogP contribution in [-0.2, 0) is 9.59 Å². The van der Waals surface area contributed by atoms with E-state index in [1.54, 1.807) is 0 Å². The Balaban J connectivity index is 2.03. The van der Waals surface area contributed by atoms with Gasteiger partial charge in [-0.15, -0.1) is 0 Å². The van der Waals surface area contributed by atoms with Crippen molar-refractivity contribution in [3.63, 3.8) is 0 Å². The van der Waals surface area contributed by atoms with E-state index in [2.05, 4.69) is 17.6 Å². The lowest BCUT2D eigenvalue weighted by Crippen LogP contribution is -2.51. The van der Waals surface area contributed by atoms with E-state index in [9.17, 15) is 9.59 Å². The summed E-state index contributed by atoms with van der Waals surface area (Å²) in [6, 6.07) is 7.35. The number of unbranched alkanes of at least 4 members (excludes halogenated alkanes) is 4. The highest BCUT2D eigenvalue weighted by atomic mass is 32.1. The van der Waals surface area contributed by atoms with E-state index in [0.717, 1.165) is 12.8 Å². The van der Waals surface area contributed by atoms with Crippen molar-refractivity contribution in [3.05, 3.63) is 35.4 Å². The van der Waals surface area contributed by atoms with Crippen LogP contribution in [0.1, 0.15) is 44.6 Å². The molecule has 0 aliphatic carbocycles. The zero-order chi connectivity index (χ0) is 17.4. The van der Waals surface area contributed by atoms with Gasteiger partial charge in [-0.3, -0.25) is 20.2 Å². The van der Waals surface area contributed by atoms with Crippen molar-refractivity contribution in [2.24, 2.45) is 0 Å². The topological polar surface area (TPSA) is 67.4 Å². The third-order valence-electron chi connectivity index (χ3n) is 3.67. The van der Waals surface area contributed by atoms with Gasteiger partial charge in [-0.05, 0) is 30.8 Å². The molecule has 0 unspecified atom stereocenters. The third kappa shape index (κ3) is 5.16. The molecule has 1 aliphatic heterocycles. The fraction of sp³-hybridized carbons (Fsp3) is 0.389. The molecular formula is C18H22N2O3S. The Hall–Kier alpha value is -2.21. The molecule has 0 atom stereocenters. The Bertz CT molecular complexity index is 633. The van der Waals surface area contributed by atoms with E-state index in [4.69, 9.17) is 17.0 Å². The molecule has 0 spiro atoms. The van der Waals surface area contributed by atoms with E-state index in [0.29, 0.717) is 17.9 Å². The summed E-state index contributed by atoms with van der Waals surface area (Å²) >= 11 is 4.79. The van der Waals surface area contributed by atoms with Gasteiger partial charge in [-0.2, -0.15) is 0 Å².